The molecule has 4 rings (SSSR count). The maximum atomic E-state index is 12.4. The lowest BCUT2D eigenvalue weighted by Gasteiger charge is -2.29. The van der Waals surface area contributed by atoms with Crippen LogP contribution in [-0.4, -0.2) is 41.3 Å². The summed E-state index contributed by atoms with van der Waals surface area (Å²) in [6.07, 6.45) is 10.4. The number of carbonyl (C=O) groups is 1. The molecule has 8 nitrogen and oxygen atoms in total. The highest BCUT2D eigenvalue weighted by Gasteiger charge is 2.24. The number of pyridine rings is 1. The molecule has 3 aromatic rings. The fourth-order valence-electron chi connectivity index (χ4n) is 3.11. The molecule has 118 valence electrons. The standard InChI is InChI=1S/C15H17N7O/c23-15(11-1-6-14-17-9-19-21(14)7-11)20-12-2-4-13(5-3-12)22-10-16-8-18-22/h1,6-10,12-13H,2-5H2,(H,20,23). The van der Waals surface area contributed by atoms with Gasteiger partial charge in [-0.1, -0.05) is 0 Å². The van der Waals surface area contributed by atoms with Gasteiger partial charge in [-0.3, -0.25) is 4.79 Å². The van der Waals surface area contributed by atoms with Crippen LogP contribution in [0.2, 0.25) is 0 Å². The average Bonchev–Trinajstić information content (AvgIpc) is 3.26. The van der Waals surface area contributed by atoms with Gasteiger partial charge in [-0.15, -0.1) is 0 Å². The molecule has 0 radical (unpaired) electrons. The second-order valence-electron chi connectivity index (χ2n) is 5.83. The Bertz CT molecular complexity index is 802. The van der Waals surface area contributed by atoms with E-state index in [2.05, 4.69) is 25.5 Å². The van der Waals surface area contributed by atoms with Gasteiger partial charge in [0.2, 0.25) is 0 Å². The largest absolute Gasteiger partial charge is 0.349 e. The van der Waals surface area contributed by atoms with Crippen LogP contribution in [0.3, 0.4) is 0 Å². The molecule has 8 heteroatoms. The molecule has 1 saturated carbocycles. The van der Waals surface area contributed by atoms with E-state index >= 15 is 0 Å². The van der Waals surface area contributed by atoms with Gasteiger partial charge in [0.05, 0.1) is 11.6 Å². The zero-order valence-electron chi connectivity index (χ0n) is 12.5. The normalized spacial score (nSPS) is 21.4. The third kappa shape index (κ3) is 2.79. The number of hydrogen-bond donors (Lipinski definition) is 1. The zero-order chi connectivity index (χ0) is 15.6. The van der Waals surface area contributed by atoms with Crippen LogP contribution in [0, 0.1) is 0 Å². The quantitative estimate of drug-likeness (QED) is 0.786. The van der Waals surface area contributed by atoms with Crippen molar-refractivity contribution < 1.29 is 4.79 Å². The summed E-state index contributed by atoms with van der Waals surface area (Å²) in [6.45, 7) is 0. The second-order valence-corrected chi connectivity index (χ2v) is 5.83. The highest BCUT2D eigenvalue weighted by molar-refractivity contribution is 5.94. The molecule has 0 aliphatic heterocycles. The summed E-state index contributed by atoms with van der Waals surface area (Å²) < 4.78 is 3.52. The van der Waals surface area contributed by atoms with E-state index in [4.69, 9.17) is 0 Å². The van der Waals surface area contributed by atoms with Crippen LogP contribution in [0.1, 0.15) is 42.1 Å². The van der Waals surface area contributed by atoms with E-state index in [0.717, 1.165) is 31.3 Å². The Morgan fingerprint density at radius 3 is 2.78 bits per heavy atom. The SMILES string of the molecule is O=C(NC1CCC(n2cncn2)CC1)c1ccc2ncnn2c1. The summed E-state index contributed by atoms with van der Waals surface area (Å²) in [5.41, 5.74) is 1.33. The van der Waals surface area contributed by atoms with Crippen molar-refractivity contribution in [3.63, 3.8) is 0 Å². The van der Waals surface area contributed by atoms with E-state index in [1.807, 2.05) is 4.68 Å². The van der Waals surface area contributed by atoms with Crippen molar-refractivity contribution in [2.24, 2.45) is 0 Å². The fraction of sp³-hybridized carbons (Fsp3) is 0.400. The summed E-state index contributed by atoms with van der Waals surface area (Å²) in [7, 11) is 0. The molecule has 0 unspecified atom stereocenters. The van der Waals surface area contributed by atoms with E-state index in [1.165, 1.54) is 6.33 Å². The third-order valence-electron chi connectivity index (χ3n) is 4.38. The smallest absolute Gasteiger partial charge is 0.253 e. The van der Waals surface area contributed by atoms with Crippen molar-refractivity contribution in [3.8, 4) is 0 Å². The van der Waals surface area contributed by atoms with Crippen LogP contribution >= 0.6 is 0 Å². The van der Waals surface area contributed by atoms with Gasteiger partial charge in [0, 0.05) is 12.2 Å². The molecule has 1 aliphatic rings. The Labute approximate surface area is 132 Å². The molecular formula is C15H17N7O. The van der Waals surface area contributed by atoms with Gasteiger partial charge in [-0.25, -0.2) is 19.2 Å². The first-order valence-corrected chi connectivity index (χ1v) is 7.74. The van der Waals surface area contributed by atoms with Crippen LogP contribution in [0.25, 0.3) is 5.65 Å². The van der Waals surface area contributed by atoms with E-state index in [9.17, 15) is 4.79 Å². The molecule has 3 heterocycles. The van der Waals surface area contributed by atoms with Crippen LogP contribution in [0.15, 0.2) is 37.3 Å². The lowest BCUT2D eigenvalue weighted by Crippen LogP contribution is -2.38. The number of rotatable bonds is 3. The van der Waals surface area contributed by atoms with Gasteiger partial charge in [0.1, 0.15) is 19.0 Å². The molecule has 1 amide bonds. The van der Waals surface area contributed by atoms with Gasteiger partial charge < -0.3 is 5.32 Å². The maximum Gasteiger partial charge on any atom is 0.253 e. The van der Waals surface area contributed by atoms with Crippen molar-refractivity contribution in [3.05, 3.63) is 42.9 Å². The summed E-state index contributed by atoms with van der Waals surface area (Å²) in [5, 5.41) is 11.4. The van der Waals surface area contributed by atoms with Gasteiger partial charge >= 0.3 is 0 Å². The van der Waals surface area contributed by atoms with Gasteiger partial charge in [0.15, 0.2) is 5.65 Å². The Kier molecular flexibility index (Phi) is 3.49. The Balaban J connectivity index is 1.37. The monoisotopic (exact) mass is 311 g/mol. The Morgan fingerprint density at radius 2 is 2.00 bits per heavy atom. The van der Waals surface area contributed by atoms with Crippen molar-refractivity contribution in [1.82, 2.24) is 34.7 Å². The first-order chi connectivity index (χ1) is 11.3. The van der Waals surface area contributed by atoms with E-state index in [-0.39, 0.29) is 11.9 Å². The molecule has 0 bridgehead atoms. The fourth-order valence-corrected chi connectivity index (χ4v) is 3.11. The number of amides is 1. The van der Waals surface area contributed by atoms with Gasteiger partial charge in [0.25, 0.3) is 5.91 Å². The first-order valence-electron chi connectivity index (χ1n) is 7.74. The minimum atomic E-state index is -0.0633. The number of nitrogens with one attached hydrogen (secondary N) is 1. The van der Waals surface area contributed by atoms with Crippen LogP contribution < -0.4 is 5.32 Å². The number of fused-ring (bicyclic) bond motifs is 1. The number of nitrogens with zero attached hydrogens (tertiary/aromatic N) is 6. The highest BCUT2D eigenvalue weighted by atomic mass is 16.1. The minimum absolute atomic E-state index is 0.0633. The molecular weight excluding hydrogens is 294 g/mol. The van der Waals surface area contributed by atoms with Crippen molar-refractivity contribution in [2.45, 2.75) is 37.8 Å². The molecule has 1 N–H and O–H groups in total. The molecule has 0 aromatic carbocycles. The topological polar surface area (TPSA) is 90.0 Å². The number of aromatic nitrogens is 6. The third-order valence-corrected chi connectivity index (χ3v) is 4.38. The lowest BCUT2D eigenvalue weighted by molar-refractivity contribution is 0.0921. The van der Waals surface area contributed by atoms with Crippen molar-refractivity contribution >= 4 is 11.6 Å². The maximum absolute atomic E-state index is 12.4. The molecule has 1 aliphatic carbocycles. The highest BCUT2D eigenvalue weighted by Crippen LogP contribution is 2.27. The molecule has 3 aromatic heterocycles. The summed E-state index contributed by atoms with van der Waals surface area (Å²) in [4.78, 5) is 20.5. The number of hydrogen-bond acceptors (Lipinski definition) is 5. The van der Waals surface area contributed by atoms with E-state index in [1.54, 1.807) is 35.5 Å². The summed E-state index contributed by atoms with van der Waals surface area (Å²) >= 11 is 0. The second kappa shape index (κ2) is 5.79. The van der Waals surface area contributed by atoms with Crippen LogP contribution in [-0.2, 0) is 0 Å². The molecule has 1 fully saturated rings. The molecule has 23 heavy (non-hydrogen) atoms. The molecule has 0 atom stereocenters. The van der Waals surface area contributed by atoms with Crippen molar-refractivity contribution in [1.29, 1.82) is 0 Å². The first kappa shape index (κ1) is 13.9. The molecule has 0 spiro atoms. The van der Waals surface area contributed by atoms with E-state index < -0.39 is 0 Å². The summed E-state index contributed by atoms with van der Waals surface area (Å²) in [5.74, 6) is -0.0633. The predicted octanol–water partition coefficient (Wildman–Crippen LogP) is 1.23. The lowest BCUT2D eigenvalue weighted by atomic mass is 9.91. The number of carbonyl (C=O) groups excluding carboxylic acids is 1. The van der Waals surface area contributed by atoms with E-state index in [0.29, 0.717) is 11.6 Å². The molecule has 0 saturated heterocycles. The zero-order valence-corrected chi connectivity index (χ0v) is 12.5. The predicted molar refractivity (Wildman–Crippen MR) is 81.8 cm³/mol. The summed E-state index contributed by atoms with van der Waals surface area (Å²) in [6, 6.07) is 4.16. The average molecular weight is 311 g/mol. The van der Waals surface area contributed by atoms with Crippen LogP contribution in [0.5, 0.6) is 0 Å². The van der Waals surface area contributed by atoms with Gasteiger partial charge in [-0.05, 0) is 37.8 Å². The Morgan fingerprint density at radius 1 is 1.13 bits per heavy atom. The van der Waals surface area contributed by atoms with Gasteiger partial charge in [-0.2, -0.15) is 10.2 Å². The minimum Gasteiger partial charge on any atom is -0.349 e. The van der Waals surface area contributed by atoms with Crippen molar-refractivity contribution in [2.75, 3.05) is 0 Å². The van der Waals surface area contributed by atoms with Crippen LogP contribution in [0.4, 0.5) is 0 Å². The Hall–Kier alpha value is -2.77.